The van der Waals surface area contributed by atoms with E-state index >= 15 is 0 Å². The van der Waals surface area contributed by atoms with Crippen molar-refractivity contribution in [1.82, 2.24) is 19.6 Å². The highest BCUT2D eigenvalue weighted by Crippen LogP contribution is 2.24. The number of nitrogens with one attached hydrogen (secondary N) is 2. The molecular formula is C32H38N6O4. The standard InChI is InChI=1S/C32H38N6O4/c1-3-41-29-10-5-4-9-28(29)35-32(40)42-20-19-36-15-17-37(18-16-36)26-8-6-7-25(22-26)31(39)33-13-11-27-23-34-30-21-24(2)12-14-38(27)30/h4-10,12,14,21-23H,3,11,13,15-20H2,1-2H3,(H,33,39)(H,35,40). The van der Waals surface area contributed by atoms with E-state index < -0.39 is 6.09 Å². The molecule has 1 saturated heterocycles. The zero-order valence-corrected chi connectivity index (χ0v) is 24.2. The number of benzene rings is 2. The molecule has 1 aliphatic heterocycles. The third kappa shape index (κ3) is 7.38. The van der Waals surface area contributed by atoms with Crippen LogP contribution in [0.5, 0.6) is 5.75 Å². The number of piperazine rings is 1. The number of pyridine rings is 1. The third-order valence-corrected chi connectivity index (χ3v) is 7.32. The lowest BCUT2D eigenvalue weighted by Crippen LogP contribution is -2.47. The number of carbonyl (C=O) groups is 2. The van der Waals surface area contributed by atoms with E-state index in [9.17, 15) is 9.59 Å². The first-order valence-electron chi connectivity index (χ1n) is 14.4. The Balaban J connectivity index is 1.04. The number of ether oxygens (including phenoxy) is 2. The van der Waals surface area contributed by atoms with Crippen LogP contribution in [0.15, 0.2) is 73.1 Å². The van der Waals surface area contributed by atoms with E-state index in [0.717, 1.165) is 43.2 Å². The van der Waals surface area contributed by atoms with Gasteiger partial charge in [0.15, 0.2) is 0 Å². The average molecular weight is 571 g/mol. The maximum Gasteiger partial charge on any atom is 0.411 e. The zero-order valence-electron chi connectivity index (χ0n) is 24.2. The summed E-state index contributed by atoms with van der Waals surface area (Å²) in [5, 5.41) is 5.80. The Morgan fingerprint density at radius 3 is 2.67 bits per heavy atom. The van der Waals surface area contributed by atoms with Gasteiger partial charge in [0.05, 0.1) is 12.3 Å². The number of fused-ring (bicyclic) bond motifs is 1. The molecule has 0 aliphatic carbocycles. The Kier molecular flexibility index (Phi) is 9.55. The summed E-state index contributed by atoms with van der Waals surface area (Å²) in [4.78, 5) is 34.2. The van der Waals surface area contributed by atoms with Crippen molar-refractivity contribution < 1.29 is 19.1 Å². The summed E-state index contributed by atoms with van der Waals surface area (Å²) < 4.78 is 13.0. The first-order valence-corrected chi connectivity index (χ1v) is 14.4. The van der Waals surface area contributed by atoms with Gasteiger partial charge in [0.2, 0.25) is 0 Å². The van der Waals surface area contributed by atoms with E-state index in [2.05, 4.69) is 35.9 Å². The molecule has 3 heterocycles. The van der Waals surface area contributed by atoms with Gasteiger partial charge < -0.3 is 24.1 Å². The summed E-state index contributed by atoms with van der Waals surface area (Å²) in [6, 6.07) is 19.2. The van der Waals surface area contributed by atoms with Crippen LogP contribution in [-0.4, -0.2) is 78.8 Å². The summed E-state index contributed by atoms with van der Waals surface area (Å²) >= 11 is 0. The fourth-order valence-electron chi connectivity index (χ4n) is 5.06. The van der Waals surface area contributed by atoms with Crippen LogP contribution in [-0.2, 0) is 11.2 Å². The van der Waals surface area contributed by atoms with Gasteiger partial charge in [0, 0.05) is 75.0 Å². The predicted molar refractivity (Wildman–Crippen MR) is 164 cm³/mol. The Labute approximate surface area is 246 Å². The number of imidazole rings is 1. The van der Waals surface area contributed by atoms with Gasteiger partial charge in [-0.25, -0.2) is 9.78 Å². The second-order valence-electron chi connectivity index (χ2n) is 10.3. The Bertz CT molecular complexity index is 1510. The van der Waals surface area contributed by atoms with Gasteiger partial charge in [-0.2, -0.15) is 0 Å². The van der Waals surface area contributed by atoms with Crippen molar-refractivity contribution in [2.45, 2.75) is 20.3 Å². The molecule has 2 amide bonds. The molecule has 2 aromatic heterocycles. The second kappa shape index (κ2) is 13.9. The minimum absolute atomic E-state index is 0.0838. The predicted octanol–water partition coefficient (Wildman–Crippen LogP) is 4.38. The smallest absolute Gasteiger partial charge is 0.411 e. The van der Waals surface area contributed by atoms with Crippen LogP contribution in [0.25, 0.3) is 5.65 Å². The molecule has 10 heteroatoms. The Hall–Kier alpha value is -4.57. The summed E-state index contributed by atoms with van der Waals surface area (Å²) in [5.74, 6) is 0.535. The van der Waals surface area contributed by atoms with E-state index in [1.807, 2.05) is 74.8 Å². The molecule has 0 saturated carbocycles. The molecule has 0 atom stereocenters. The first-order chi connectivity index (χ1) is 20.5. The maximum absolute atomic E-state index is 12.9. The van der Waals surface area contributed by atoms with Crippen molar-refractivity contribution in [1.29, 1.82) is 0 Å². The average Bonchev–Trinajstić information content (AvgIpc) is 3.40. The molecular weight excluding hydrogens is 532 g/mol. The topological polar surface area (TPSA) is 100 Å². The first kappa shape index (κ1) is 28.9. The zero-order chi connectivity index (χ0) is 29.3. The van der Waals surface area contributed by atoms with E-state index in [-0.39, 0.29) is 5.91 Å². The van der Waals surface area contributed by atoms with E-state index in [0.29, 0.717) is 49.7 Å². The highest BCUT2D eigenvalue weighted by atomic mass is 16.5. The molecule has 10 nitrogen and oxygen atoms in total. The van der Waals surface area contributed by atoms with Gasteiger partial charge in [-0.15, -0.1) is 0 Å². The lowest BCUT2D eigenvalue weighted by molar-refractivity contribution is 0.0954. The van der Waals surface area contributed by atoms with Crippen molar-refractivity contribution >= 4 is 29.0 Å². The number of aromatic nitrogens is 2. The van der Waals surface area contributed by atoms with Crippen LogP contribution >= 0.6 is 0 Å². The molecule has 0 radical (unpaired) electrons. The molecule has 4 aromatic rings. The molecule has 2 N–H and O–H groups in total. The SMILES string of the molecule is CCOc1ccccc1NC(=O)OCCN1CCN(c2cccc(C(=O)NCCc3cnc4cc(C)ccn34)c2)CC1. The lowest BCUT2D eigenvalue weighted by atomic mass is 10.1. The van der Waals surface area contributed by atoms with Gasteiger partial charge in [0.25, 0.3) is 5.91 Å². The largest absolute Gasteiger partial charge is 0.492 e. The van der Waals surface area contributed by atoms with Crippen LogP contribution in [0, 0.1) is 6.92 Å². The molecule has 2 aromatic carbocycles. The summed E-state index contributed by atoms with van der Waals surface area (Å²) in [6.07, 6.45) is 4.09. The summed E-state index contributed by atoms with van der Waals surface area (Å²) in [7, 11) is 0. The van der Waals surface area contributed by atoms with Gasteiger partial charge in [-0.1, -0.05) is 18.2 Å². The summed E-state index contributed by atoms with van der Waals surface area (Å²) in [5.41, 5.74) is 5.42. The van der Waals surface area contributed by atoms with Crippen molar-refractivity contribution in [2.24, 2.45) is 0 Å². The second-order valence-corrected chi connectivity index (χ2v) is 10.3. The van der Waals surface area contributed by atoms with Crippen LogP contribution in [0.2, 0.25) is 0 Å². The number of nitrogens with zero attached hydrogens (tertiary/aromatic N) is 4. The highest BCUT2D eigenvalue weighted by Gasteiger charge is 2.19. The maximum atomic E-state index is 12.9. The van der Waals surface area contributed by atoms with Gasteiger partial charge >= 0.3 is 6.09 Å². The number of anilines is 2. The number of rotatable bonds is 11. The van der Waals surface area contributed by atoms with Gasteiger partial charge in [-0.05, 0) is 61.9 Å². The fraction of sp³-hybridized carbons (Fsp3) is 0.344. The van der Waals surface area contributed by atoms with E-state index in [4.69, 9.17) is 9.47 Å². The molecule has 0 unspecified atom stereocenters. The van der Waals surface area contributed by atoms with E-state index in [1.165, 1.54) is 5.56 Å². The summed E-state index contributed by atoms with van der Waals surface area (Å²) in [6.45, 7) is 9.28. The molecule has 0 bridgehead atoms. The molecule has 220 valence electrons. The normalized spacial score (nSPS) is 13.6. The molecule has 0 spiro atoms. The number of amides is 2. The lowest BCUT2D eigenvalue weighted by Gasteiger charge is -2.36. The van der Waals surface area contributed by atoms with Crippen LogP contribution in [0.1, 0.15) is 28.5 Å². The number of aryl methyl sites for hydroxylation is 1. The highest BCUT2D eigenvalue weighted by molar-refractivity contribution is 5.95. The van der Waals surface area contributed by atoms with Crippen molar-refractivity contribution in [2.75, 3.05) is 62.7 Å². The minimum Gasteiger partial charge on any atom is -0.492 e. The molecule has 42 heavy (non-hydrogen) atoms. The number of hydrogen-bond acceptors (Lipinski definition) is 7. The quantitative estimate of drug-likeness (QED) is 0.276. The van der Waals surface area contributed by atoms with Crippen LogP contribution in [0.4, 0.5) is 16.2 Å². The monoisotopic (exact) mass is 570 g/mol. The number of carbonyl (C=O) groups excluding carboxylic acids is 2. The Morgan fingerprint density at radius 2 is 1.83 bits per heavy atom. The van der Waals surface area contributed by atoms with Crippen molar-refractivity contribution in [3.05, 3.63) is 89.9 Å². The van der Waals surface area contributed by atoms with E-state index in [1.54, 1.807) is 6.07 Å². The van der Waals surface area contributed by atoms with Crippen LogP contribution < -0.4 is 20.3 Å². The number of para-hydroxylation sites is 2. The third-order valence-electron chi connectivity index (χ3n) is 7.32. The van der Waals surface area contributed by atoms with Crippen LogP contribution in [0.3, 0.4) is 0 Å². The molecule has 1 aliphatic rings. The fourth-order valence-corrected chi connectivity index (χ4v) is 5.06. The van der Waals surface area contributed by atoms with Gasteiger partial charge in [0.1, 0.15) is 18.0 Å². The van der Waals surface area contributed by atoms with Gasteiger partial charge in [-0.3, -0.25) is 15.0 Å². The van der Waals surface area contributed by atoms with Crippen molar-refractivity contribution in [3.63, 3.8) is 0 Å². The molecule has 5 rings (SSSR count). The van der Waals surface area contributed by atoms with Crippen molar-refractivity contribution in [3.8, 4) is 5.75 Å². The Morgan fingerprint density at radius 1 is 1.00 bits per heavy atom. The number of hydrogen-bond donors (Lipinski definition) is 2. The molecule has 1 fully saturated rings. The minimum atomic E-state index is -0.496.